The van der Waals surface area contributed by atoms with E-state index >= 15 is 0 Å². The molecule has 0 aliphatic rings. The smallest absolute Gasteiger partial charge is 0.146 e. The van der Waals surface area contributed by atoms with Crippen molar-refractivity contribution in [3.63, 3.8) is 0 Å². The van der Waals surface area contributed by atoms with Crippen LogP contribution in [0.1, 0.15) is 5.56 Å². The molecule has 2 rings (SSSR count). The first-order valence-electron chi connectivity index (χ1n) is 5.09. The van der Waals surface area contributed by atoms with Crippen molar-refractivity contribution in [2.24, 2.45) is 5.73 Å². The molecular weight excluding hydrogens is 289 g/mol. The average molecular weight is 298 g/mol. The van der Waals surface area contributed by atoms with Gasteiger partial charge in [0.15, 0.2) is 0 Å². The highest BCUT2D eigenvalue weighted by Crippen LogP contribution is 2.32. The molecule has 5 heteroatoms. The van der Waals surface area contributed by atoms with Gasteiger partial charge in [-0.3, -0.25) is 0 Å². The van der Waals surface area contributed by atoms with E-state index in [1.54, 1.807) is 30.3 Å². The highest BCUT2D eigenvalue weighted by Gasteiger charge is 2.10. The van der Waals surface area contributed by atoms with Gasteiger partial charge in [-0.25, -0.2) is 0 Å². The van der Waals surface area contributed by atoms with Crippen molar-refractivity contribution in [3.05, 3.63) is 58.1 Å². The normalized spacial score (nSPS) is 10.1. The quantitative estimate of drug-likeness (QED) is 0.852. The van der Waals surface area contributed by atoms with E-state index in [0.717, 1.165) is 0 Å². The Kier molecular flexibility index (Phi) is 4.07. The summed E-state index contributed by atoms with van der Waals surface area (Å²) >= 11 is 16.9. The van der Waals surface area contributed by atoms with Crippen molar-refractivity contribution >= 4 is 40.4 Å². The van der Waals surface area contributed by atoms with Gasteiger partial charge in [-0.2, -0.15) is 0 Å². The first-order chi connectivity index (χ1) is 8.58. The lowest BCUT2D eigenvalue weighted by Crippen LogP contribution is -2.10. The van der Waals surface area contributed by atoms with Crippen molar-refractivity contribution in [1.82, 2.24) is 0 Å². The van der Waals surface area contributed by atoms with Gasteiger partial charge in [-0.15, -0.1) is 0 Å². The predicted molar refractivity (Wildman–Crippen MR) is 78.9 cm³/mol. The second-order valence-corrected chi connectivity index (χ2v) is 4.82. The Morgan fingerprint density at radius 1 is 1.06 bits per heavy atom. The predicted octanol–water partition coefficient (Wildman–Crippen LogP) is 4.42. The topological polar surface area (TPSA) is 35.2 Å². The maximum absolute atomic E-state index is 6.02. The average Bonchev–Trinajstić information content (AvgIpc) is 2.34. The highest BCUT2D eigenvalue weighted by molar-refractivity contribution is 7.80. The lowest BCUT2D eigenvalue weighted by atomic mass is 10.2. The van der Waals surface area contributed by atoms with Crippen LogP contribution in [0.3, 0.4) is 0 Å². The van der Waals surface area contributed by atoms with Gasteiger partial charge in [0.25, 0.3) is 0 Å². The Morgan fingerprint density at radius 3 is 2.44 bits per heavy atom. The number of halogens is 2. The van der Waals surface area contributed by atoms with Crippen LogP contribution in [0.4, 0.5) is 0 Å². The zero-order valence-corrected chi connectivity index (χ0v) is 11.5. The van der Waals surface area contributed by atoms with Crippen LogP contribution in [0.25, 0.3) is 0 Å². The summed E-state index contributed by atoms with van der Waals surface area (Å²) in [6, 6.07) is 12.2. The standard InChI is InChI=1S/C13H9Cl2NOS/c14-8-5-6-11(9(7-8)13(16)18)17-12-4-2-1-3-10(12)15/h1-7H,(H2,16,18). The molecule has 0 aliphatic carbocycles. The number of thiocarbonyl (C=S) groups is 1. The van der Waals surface area contributed by atoms with Gasteiger partial charge in [-0.1, -0.05) is 47.6 Å². The summed E-state index contributed by atoms with van der Waals surface area (Å²) in [5.74, 6) is 1.07. The molecule has 0 saturated carbocycles. The zero-order chi connectivity index (χ0) is 13.1. The number of nitrogens with two attached hydrogens (primary N) is 1. The molecule has 0 saturated heterocycles. The fourth-order valence-electron chi connectivity index (χ4n) is 1.43. The van der Waals surface area contributed by atoms with Crippen LogP contribution in [0.15, 0.2) is 42.5 Å². The summed E-state index contributed by atoms with van der Waals surface area (Å²) in [4.78, 5) is 0.222. The molecule has 0 aliphatic heterocycles. The van der Waals surface area contributed by atoms with Crippen molar-refractivity contribution in [2.75, 3.05) is 0 Å². The third-order valence-corrected chi connectivity index (χ3v) is 3.03. The lowest BCUT2D eigenvalue weighted by Gasteiger charge is -2.11. The van der Waals surface area contributed by atoms with E-state index in [1.807, 2.05) is 12.1 Å². The summed E-state index contributed by atoms with van der Waals surface area (Å²) in [7, 11) is 0. The second-order valence-electron chi connectivity index (χ2n) is 3.54. The molecule has 0 unspecified atom stereocenters. The molecule has 2 N–H and O–H groups in total. The van der Waals surface area contributed by atoms with Gasteiger partial charge in [0, 0.05) is 5.02 Å². The van der Waals surface area contributed by atoms with E-state index in [4.69, 9.17) is 45.9 Å². The second kappa shape index (κ2) is 5.57. The molecule has 0 spiro atoms. The molecule has 18 heavy (non-hydrogen) atoms. The van der Waals surface area contributed by atoms with Gasteiger partial charge in [0.2, 0.25) is 0 Å². The summed E-state index contributed by atoms with van der Waals surface area (Å²) in [5, 5.41) is 1.06. The van der Waals surface area contributed by atoms with E-state index in [0.29, 0.717) is 27.1 Å². The maximum Gasteiger partial charge on any atom is 0.146 e. The Labute approximate surface area is 120 Å². The maximum atomic E-state index is 6.02. The number of hydrogen-bond donors (Lipinski definition) is 1. The van der Waals surface area contributed by atoms with E-state index in [2.05, 4.69) is 0 Å². The SMILES string of the molecule is NC(=S)c1cc(Cl)ccc1Oc1ccccc1Cl. The van der Waals surface area contributed by atoms with Gasteiger partial charge in [0.05, 0.1) is 10.6 Å². The Hall–Kier alpha value is -1.29. The fraction of sp³-hybridized carbons (Fsp3) is 0. The van der Waals surface area contributed by atoms with Crippen LogP contribution in [-0.4, -0.2) is 4.99 Å². The fourth-order valence-corrected chi connectivity index (χ4v) is 1.94. The molecule has 0 atom stereocenters. The zero-order valence-electron chi connectivity index (χ0n) is 9.19. The van der Waals surface area contributed by atoms with Crippen molar-refractivity contribution in [2.45, 2.75) is 0 Å². The number of hydrogen-bond acceptors (Lipinski definition) is 2. The van der Waals surface area contributed by atoms with Crippen LogP contribution in [0, 0.1) is 0 Å². The van der Waals surface area contributed by atoms with Crippen LogP contribution >= 0.6 is 35.4 Å². The van der Waals surface area contributed by atoms with Crippen LogP contribution in [-0.2, 0) is 0 Å². The Bertz CT molecular complexity index is 601. The minimum atomic E-state index is 0.222. The highest BCUT2D eigenvalue weighted by atomic mass is 35.5. The number of ether oxygens (including phenoxy) is 1. The molecule has 2 aromatic carbocycles. The molecule has 0 bridgehead atoms. The van der Waals surface area contributed by atoms with Crippen LogP contribution in [0.2, 0.25) is 10.0 Å². The van der Waals surface area contributed by atoms with E-state index in [1.165, 1.54) is 0 Å². The molecule has 0 heterocycles. The molecule has 0 fully saturated rings. The Morgan fingerprint density at radius 2 is 1.78 bits per heavy atom. The number of benzene rings is 2. The summed E-state index contributed by atoms with van der Waals surface area (Å²) < 4.78 is 5.70. The molecule has 0 aromatic heterocycles. The van der Waals surface area contributed by atoms with E-state index < -0.39 is 0 Å². The molecule has 0 radical (unpaired) electrons. The van der Waals surface area contributed by atoms with Gasteiger partial charge < -0.3 is 10.5 Å². The van der Waals surface area contributed by atoms with Crippen molar-refractivity contribution < 1.29 is 4.74 Å². The molecule has 2 aromatic rings. The van der Waals surface area contributed by atoms with Crippen molar-refractivity contribution in [3.8, 4) is 11.5 Å². The van der Waals surface area contributed by atoms with Gasteiger partial charge >= 0.3 is 0 Å². The minimum absolute atomic E-state index is 0.222. The Balaban J connectivity index is 2.41. The minimum Gasteiger partial charge on any atom is -0.455 e. The molecule has 0 amide bonds. The third kappa shape index (κ3) is 2.93. The monoisotopic (exact) mass is 297 g/mol. The summed E-state index contributed by atoms with van der Waals surface area (Å²) in [5.41, 5.74) is 6.22. The number of rotatable bonds is 3. The largest absolute Gasteiger partial charge is 0.455 e. The first-order valence-corrected chi connectivity index (χ1v) is 6.26. The summed E-state index contributed by atoms with van der Waals surface area (Å²) in [6.07, 6.45) is 0. The van der Waals surface area contributed by atoms with Gasteiger partial charge in [-0.05, 0) is 30.3 Å². The molecular formula is C13H9Cl2NOS. The molecule has 2 nitrogen and oxygen atoms in total. The lowest BCUT2D eigenvalue weighted by molar-refractivity contribution is 0.482. The van der Waals surface area contributed by atoms with Crippen molar-refractivity contribution in [1.29, 1.82) is 0 Å². The summed E-state index contributed by atoms with van der Waals surface area (Å²) in [6.45, 7) is 0. The third-order valence-electron chi connectivity index (χ3n) is 2.26. The first kappa shape index (κ1) is 13.1. The number of para-hydroxylation sites is 1. The van der Waals surface area contributed by atoms with E-state index in [9.17, 15) is 0 Å². The van der Waals surface area contributed by atoms with E-state index in [-0.39, 0.29) is 4.99 Å². The van der Waals surface area contributed by atoms with Crippen LogP contribution < -0.4 is 10.5 Å². The molecule has 92 valence electrons. The van der Waals surface area contributed by atoms with Crippen LogP contribution in [0.5, 0.6) is 11.5 Å². The van der Waals surface area contributed by atoms with Gasteiger partial charge in [0.1, 0.15) is 16.5 Å².